The van der Waals surface area contributed by atoms with Crippen molar-refractivity contribution in [2.24, 2.45) is 11.1 Å². The molecule has 1 aliphatic rings. The fourth-order valence-electron chi connectivity index (χ4n) is 2.77. The maximum atomic E-state index is 12.0. The van der Waals surface area contributed by atoms with E-state index in [9.17, 15) is 18.3 Å². The van der Waals surface area contributed by atoms with Crippen molar-refractivity contribution in [2.75, 3.05) is 24.6 Å². The van der Waals surface area contributed by atoms with Crippen molar-refractivity contribution in [3.63, 3.8) is 0 Å². The Labute approximate surface area is 142 Å². The van der Waals surface area contributed by atoms with Crippen LogP contribution in [-0.2, 0) is 10.0 Å². The van der Waals surface area contributed by atoms with E-state index in [1.54, 1.807) is 0 Å². The first-order valence-electron chi connectivity index (χ1n) is 8.06. The van der Waals surface area contributed by atoms with Crippen molar-refractivity contribution in [1.82, 2.24) is 0 Å². The van der Waals surface area contributed by atoms with Gasteiger partial charge in [0.05, 0.1) is 17.9 Å². The van der Waals surface area contributed by atoms with Crippen LogP contribution in [0.25, 0.3) is 0 Å². The van der Waals surface area contributed by atoms with Gasteiger partial charge in [-0.25, -0.2) is 18.4 Å². The van der Waals surface area contributed by atoms with Gasteiger partial charge in [-0.1, -0.05) is 20.3 Å². The average molecular weight is 356 g/mol. The van der Waals surface area contributed by atoms with Gasteiger partial charge in [-0.3, -0.25) is 0 Å². The van der Waals surface area contributed by atoms with Crippen LogP contribution in [0.5, 0.6) is 5.75 Å². The van der Waals surface area contributed by atoms with E-state index in [0.717, 1.165) is 38.4 Å². The predicted molar refractivity (Wildman–Crippen MR) is 91.2 cm³/mol. The van der Waals surface area contributed by atoms with Crippen molar-refractivity contribution >= 4 is 21.7 Å². The van der Waals surface area contributed by atoms with Gasteiger partial charge in [-0.2, -0.15) is 0 Å². The summed E-state index contributed by atoms with van der Waals surface area (Å²) in [4.78, 5) is 13.1. The van der Waals surface area contributed by atoms with E-state index in [1.165, 1.54) is 6.07 Å². The summed E-state index contributed by atoms with van der Waals surface area (Å²) in [5.41, 5.74) is 0.371. The normalized spacial score (nSPS) is 18.0. The van der Waals surface area contributed by atoms with Crippen molar-refractivity contribution in [3.8, 4) is 5.75 Å². The Balaban J connectivity index is 2.58. The van der Waals surface area contributed by atoms with Gasteiger partial charge in [0.1, 0.15) is 4.90 Å². The minimum atomic E-state index is -4.11. The second kappa shape index (κ2) is 7.40. The van der Waals surface area contributed by atoms with E-state index in [2.05, 4.69) is 6.92 Å². The highest BCUT2D eigenvalue weighted by molar-refractivity contribution is 7.89. The van der Waals surface area contributed by atoms with Gasteiger partial charge in [0.2, 0.25) is 10.0 Å². The average Bonchev–Trinajstić information content (AvgIpc) is 2.92. The second-order valence-electron chi connectivity index (χ2n) is 6.21. The molecule has 1 unspecified atom stereocenters. The van der Waals surface area contributed by atoms with Crippen LogP contribution in [0.3, 0.4) is 0 Å². The highest BCUT2D eigenvalue weighted by Gasteiger charge is 2.28. The molecule has 0 aliphatic carbocycles. The third kappa shape index (κ3) is 4.18. The van der Waals surface area contributed by atoms with E-state index < -0.39 is 16.0 Å². The molecule has 1 fully saturated rings. The van der Waals surface area contributed by atoms with Gasteiger partial charge >= 0.3 is 5.97 Å². The lowest BCUT2D eigenvalue weighted by atomic mass is 10.1. The lowest BCUT2D eigenvalue weighted by molar-refractivity contribution is 0.0696. The minimum absolute atomic E-state index is 0.114. The van der Waals surface area contributed by atoms with Gasteiger partial charge in [0.25, 0.3) is 0 Å². The number of carbonyl (C=O) groups is 1. The molecule has 0 aromatic heterocycles. The van der Waals surface area contributed by atoms with Crippen LogP contribution in [0, 0.1) is 5.92 Å². The number of nitrogens with zero attached hydrogens (tertiary/aromatic N) is 1. The van der Waals surface area contributed by atoms with Gasteiger partial charge in [0.15, 0.2) is 5.75 Å². The molecule has 24 heavy (non-hydrogen) atoms. The minimum Gasteiger partial charge on any atom is -0.490 e. The number of hydrogen-bond donors (Lipinski definition) is 2. The summed E-state index contributed by atoms with van der Waals surface area (Å²) in [5, 5.41) is 14.6. The topological polar surface area (TPSA) is 110 Å². The maximum absolute atomic E-state index is 12.0. The fraction of sp³-hybridized carbons (Fsp3) is 0.562. The lowest BCUT2D eigenvalue weighted by Crippen LogP contribution is -2.23. The zero-order valence-corrected chi connectivity index (χ0v) is 14.8. The van der Waals surface area contributed by atoms with Crippen LogP contribution in [0.15, 0.2) is 17.0 Å². The number of nitrogens with two attached hydrogens (primary N) is 1. The summed E-state index contributed by atoms with van der Waals surface area (Å²) in [6.45, 7) is 5.89. The standard InChI is InChI=1S/C16H24N2O5S/c1-3-4-7-23-15-13(18-6-5-11(2)10-18)8-12(16(19)20)9-14(15)24(17,21)22/h8-9,11H,3-7,10H2,1-2H3,(H,19,20)(H2,17,21,22). The number of hydrogen-bond acceptors (Lipinski definition) is 5. The van der Waals surface area contributed by atoms with E-state index >= 15 is 0 Å². The number of anilines is 1. The number of ether oxygens (including phenoxy) is 1. The highest BCUT2D eigenvalue weighted by Crippen LogP contribution is 2.38. The summed E-state index contributed by atoms with van der Waals surface area (Å²) in [6.07, 6.45) is 2.62. The van der Waals surface area contributed by atoms with Crippen molar-refractivity contribution in [1.29, 1.82) is 0 Å². The molecule has 7 nitrogen and oxygen atoms in total. The Kier molecular flexibility index (Phi) is 5.71. The maximum Gasteiger partial charge on any atom is 0.335 e. The summed E-state index contributed by atoms with van der Waals surface area (Å²) in [7, 11) is -4.11. The van der Waals surface area contributed by atoms with E-state index in [-0.39, 0.29) is 16.2 Å². The molecule has 2 rings (SSSR count). The second-order valence-corrected chi connectivity index (χ2v) is 7.74. The zero-order chi connectivity index (χ0) is 17.9. The summed E-state index contributed by atoms with van der Waals surface area (Å²) in [6, 6.07) is 2.54. The molecule has 1 atom stereocenters. The van der Waals surface area contributed by atoms with Gasteiger partial charge < -0.3 is 14.7 Å². The molecule has 1 heterocycles. The fourth-order valence-corrected chi connectivity index (χ4v) is 3.49. The monoisotopic (exact) mass is 356 g/mol. The third-order valence-electron chi connectivity index (χ3n) is 4.10. The van der Waals surface area contributed by atoms with Gasteiger partial charge in [0, 0.05) is 13.1 Å². The first-order chi connectivity index (χ1) is 11.2. The Hall–Kier alpha value is -1.80. The number of carboxylic acid groups (broad SMARTS) is 1. The first-order valence-corrected chi connectivity index (χ1v) is 9.60. The SMILES string of the molecule is CCCCOc1c(N2CCC(C)C2)cc(C(=O)O)cc1S(N)(=O)=O. The van der Waals surface area contributed by atoms with Crippen LogP contribution in [0.2, 0.25) is 0 Å². The molecule has 0 radical (unpaired) electrons. The molecule has 3 N–H and O–H groups in total. The molecular weight excluding hydrogens is 332 g/mol. The molecule has 0 saturated carbocycles. The van der Waals surface area contributed by atoms with Crippen molar-refractivity contribution in [2.45, 2.75) is 38.0 Å². The largest absolute Gasteiger partial charge is 0.490 e. The Morgan fingerprint density at radius 1 is 1.46 bits per heavy atom. The number of aromatic carboxylic acids is 1. The first kappa shape index (κ1) is 18.5. The number of primary sulfonamides is 1. The number of benzene rings is 1. The molecule has 1 aliphatic heterocycles. The molecule has 134 valence electrons. The summed E-state index contributed by atoms with van der Waals surface area (Å²) in [5.74, 6) is -0.599. The molecular formula is C16H24N2O5S. The van der Waals surface area contributed by atoms with E-state index in [4.69, 9.17) is 9.88 Å². The van der Waals surface area contributed by atoms with E-state index in [0.29, 0.717) is 18.2 Å². The smallest absolute Gasteiger partial charge is 0.335 e. The van der Waals surface area contributed by atoms with Crippen molar-refractivity contribution in [3.05, 3.63) is 17.7 Å². The molecule has 8 heteroatoms. The predicted octanol–water partition coefficient (Wildman–Crippen LogP) is 2.06. The third-order valence-corrected chi connectivity index (χ3v) is 5.01. The molecule has 1 aromatic rings. The number of unbranched alkanes of at least 4 members (excludes halogenated alkanes) is 1. The van der Waals surface area contributed by atoms with Crippen LogP contribution in [0.4, 0.5) is 5.69 Å². The summed E-state index contributed by atoms with van der Waals surface area (Å²) >= 11 is 0. The van der Waals surface area contributed by atoms with Crippen LogP contribution >= 0.6 is 0 Å². The molecule has 0 bridgehead atoms. The highest BCUT2D eigenvalue weighted by atomic mass is 32.2. The number of rotatable bonds is 7. The molecule has 0 spiro atoms. The quantitative estimate of drug-likeness (QED) is 0.724. The zero-order valence-electron chi connectivity index (χ0n) is 14.0. The van der Waals surface area contributed by atoms with Crippen LogP contribution in [-0.4, -0.2) is 39.2 Å². The van der Waals surface area contributed by atoms with Gasteiger partial charge in [-0.15, -0.1) is 0 Å². The van der Waals surface area contributed by atoms with E-state index in [1.807, 2.05) is 11.8 Å². The molecule has 1 saturated heterocycles. The molecule has 0 amide bonds. The number of sulfonamides is 1. The lowest BCUT2D eigenvalue weighted by Gasteiger charge is -2.24. The summed E-state index contributed by atoms with van der Waals surface area (Å²) < 4.78 is 29.7. The van der Waals surface area contributed by atoms with Crippen LogP contribution in [0.1, 0.15) is 43.5 Å². The molecule has 1 aromatic carbocycles. The van der Waals surface area contributed by atoms with Crippen LogP contribution < -0.4 is 14.8 Å². The Bertz CT molecular complexity index is 717. The Morgan fingerprint density at radius 2 is 2.17 bits per heavy atom. The van der Waals surface area contributed by atoms with Gasteiger partial charge in [-0.05, 0) is 30.9 Å². The number of carboxylic acids is 1. The Morgan fingerprint density at radius 3 is 2.67 bits per heavy atom. The van der Waals surface area contributed by atoms with Crippen molar-refractivity contribution < 1.29 is 23.1 Å².